The van der Waals surface area contributed by atoms with E-state index in [1.54, 1.807) is 6.07 Å². The monoisotopic (exact) mass is 170 g/mol. The minimum Gasteiger partial charge on any atom is -0.508 e. The second-order valence-corrected chi connectivity index (χ2v) is 2.13. The van der Waals surface area contributed by atoms with Gasteiger partial charge < -0.3 is 20.2 Å². The smallest absolute Gasteiger partial charge is 0.508 e. The molecule has 1 rings (SSSR count). The molecule has 4 nitrogen and oxygen atoms in total. The molecule has 0 atom stereocenters. The van der Waals surface area contributed by atoms with Crippen molar-refractivity contribution < 1.29 is 20.2 Å². The number of phenols is 1. The fraction of sp³-hybridized carbons (Fsp3) is 0.143. The third-order valence-electron chi connectivity index (χ3n) is 1.12. The Labute approximate surface area is 70.9 Å². The van der Waals surface area contributed by atoms with Crippen molar-refractivity contribution >= 4 is 7.32 Å². The zero-order chi connectivity index (χ0) is 9.56. The van der Waals surface area contributed by atoms with Crippen LogP contribution in [0.1, 0.15) is 5.56 Å². The summed E-state index contributed by atoms with van der Waals surface area (Å²) in [7, 11) is -2.17. The molecule has 0 aromatic heterocycles. The highest BCUT2D eigenvalue weighted by atomic mass is 16.5. The molecule has 5 heteroatoms. The van der Waals surface area contributed by atoms with Crippen LogP contribution in [0.5, 0.6) is 5.75 Å². The molecule has 0 bridgehead atoms. The molecule has 0 unspecified atom stereocenters. The summed E-state index contributed by atoms with van der Waals surface area (Å²) in [6, 6.07) is 7.25. The van der Waals surface area contributed by atoms with E-state index >= 15 is 0 Å². The second-order valence-electron chi connectivity index (χ2n) is 2.13. The van der Waals surface area contributed by atoms with Crippen LogP contribution in [0, 0.1) is 6.92 Å². The van der Waals surface area contributed by atoms with Gasteiger partial charge in [-0.2, -0.15) is 0 Å². The molecule has 12 heavy (non-hydrogen) atoms. The Hall–Kier alpha value is -1.04. The van der Waals surface area contributed by atoms with Gasteiger partial charge in [-0.1, -0.05) is 18.2 Å². The van der Waals surface area contributed by atoms with E-state index in [1.807, 2.05) is 25.1 Å². The Morgan fingerprint density at radius 3 is 1.75 bits per heavy atom. The maximum Gasteiger partial charge on any atom is 0.631 e. The van der Waals surface area contributed by atoms with Crippen LogP contribution >= 0.6 is 0 Å². The number of benzene rings is 1. The maximum atomic E-state index is 8.92. The Morgan fingerprint density at radius 2 is 1.50 bits per heavy atom. The summed E-state index contributed by atoms with van der Waals surface area (Å²) in [5, 5.41) is 30.4. The van der Waals surface area contributed by atoms with Crippen LogP contribution in [0.2, 0.25) is 0 Å². The lowest BCUT2D eigenvalue weighted by molar-refractivity contribution is 0.278. The zero-order valence-electron chi connectivity index (χ0n) is 6.68. The second kappa shape index (κ2) is 5.59. The van der Waals surface area contributed by atoms with Gasteiger partial charge in [0.2, 0.25) is 0 Å². The van der Waals surface area contributed by atoms with Gasteiger partial charge >= 0.3 is 7.32 Å². The number of hydrogen-bond acceptors (Lipinski definition) is 4. The van der Waals surface area contributed by atoms with Gasteiger partial charge in [-0.3, -0.25) is 0 Å². The highest BCUT2D eigenvalue weighted by Crippen LogP contribution is 2.12. The van der Waals surface area contributed by atoms with E-state index < -0.39 is 7.32 Å². The highest BCUT2D eigenvalue weighted by Gasteiger charge is 1.92. The van der Waals surface area contributed by atoms with Crippen molar-refractivity contribution in [3.05, 3.63) is 29.8 Å². The molecular formula is C7H11BO4. The van der Waals surface area contributed by atoms with Gasteiger partial charge in [0.15, 0.2) is 0 Å². The third kappa shape index (κ3) is 5.73. The largest absolute Gasteiger partial charge is 0.631 e. The SMILES string of the molecule is Cc1ccccc1O.OB(O)O. The third-order valence-corrected chi connectivity index (χ3v) is 1.12. The number of rotatable bonds is 0. The van der Waals surface area contributed by atoms with E-state index in [0.29, 0.717) is 5.75 Å². The predicted octanol–water partition coefficient (Wildman–Crippen LogP) is -0.351. The van der Waals surface area contributed by atoms with Crippen molar-refractivity contribution in [1.82, 2.24) is 0 Å². The molecule has 0 radical (unpaired) electrons. The lowest BCUT2D eigenvalue weighted by atomic mass is 10.2. The molecule has 0 saturated carbocycles. The predicted molar refractivity (Wildman–Crippen MR) is 45.3 cm³/mol. The van der Waals surface area contributed by atoms with E-state index in [1.165, 1.54) is 0 Å². The molecule has 0 saturated heterocycles. The first-order valence-corrected chi connectivity index (χ1v) is 3.33. The topological polar surface area (TPSA) is 80.9 Å². The molecule has 0 aliphatic heterocycles. The van der Waals surface area contributed by atoms with E-state index in [-0.39, 0.29) is 0 Å². The van der Waals surface area contributed by atoms with Crippen LogP contribution in [-0.4, -0.2) is 27.5 Å². The summed E-state index contributed by atoms with van der Waals surface area (Å²) >= 11 is 0. The quantitative estimate of drug-likeness (QED) is 0.401. The number of phenolic OH excluding ortho intramolecular Hbond substituents is 1. The Kier molecular flexibility index (Phi) is 5.11. The lowest BCUT2D eigenvalue weighted by Gasteiger charge is -1.92. The van der Waals surface area contributed by atoms with Crippen LogP contribution in [0.3, 0.4) is 0 Å². The summed E-state index contributed by atoms with van der Waals surface area (Å²) in [6.07, 6.45) is 0. The average molecular weight is 170 g/mol. The van der Waals surface area contributed by atoms with Gasteiger partial charge in [-0.15, -0.1) is 0 Å². The number of para-hydroxylation sites is 1. The van der Waals surface area contributed by atoms with Crippen molar-refractivity contribution in [3.63, 3.8) is 0 Å². The summed E-state index contributed by atoms with van der Waals surface area (Å²) < 4.78 is 0. The molecule has 0 aliphatic carbocycles. The molecular weight excluding hydrogens is 159 g/mol. The Bertz CT molecular complexity index is 203. The first-order chi connectivity index (χ1) is 5.54. The van der Waals surface area contributed by atoms with Crippen molar-refractivity contribution in [2.45, 2.75) is 6.92 Å². The van der Waals surface area contributed by atoms with E-state index in [4.69, 9.17) is 20.2 Å². The van der Waals surface area contributed by atoms with Crippen molar-refractivity contribution in [2.75, 3.05) is 0 Å². The molecule has 1 aromatic rings. The molecule has 4 N–H and O–H groups in total. The molecule has 1 aromatic carbocycles. The minimum absolute atomic E-state index is 0.368. The number of hydrogen-bond donors (Lipinski definition) is 4. The standard InChI is InChI=1S/C7H8O.BH3O3/c1-6-4-2-3-5-7(6)8;2-1(3)4/h2-5,8H,1H3;2-4H. The van der Waals surface area contributed by atoms with Crippen molar-refractivity contribution in [1.29, 1.82) is 0 Å². The van der Waals surface area contributed by atoms with Crippen LogP contribution in [-0.2, 0) is 0 Å². The number of aryl methyl sites for hydroxylation is 1. The van der Waals surface area contributed by atoms with E-state index in [9.17, 15) is 0 Å². The fourth-order valence-corrected chi connectivity index (χ4v) is 0.563. The van der Waals surface area contributed by atoms with Gasteiger partial charge in [0.25, 0.3) is 0 Å². The molecule has 0 heterocycles. The van der Waals surface area contributed by atoms with Crippen molar-refractivity contribution in [2.24, 2.45) is 0 Å². The van der Waals surface area contributed by atoms with Gasteiger partial charge in [-0.05, 0) is 18.6 Å². The Morgan fingerprint density at radius 1 is 1.08 bits per heavy atom. The molecule has 0 fully saturated rings. The minimum atomic E-state index is -2.17. The first-order valence-electron chi connectivity index (χ1n) is 3.33. The zero-order valence-corrected chi connectivity index (χ0v) is 6.68. The average Bonchev–Trinajstić information content (AvgIpc) is 1.94. The van der Waals surface area contributed by atoms with E-state index in [2.05, 4.69) is 0 Å². The number of aromatic hydroxyl groups is 1. The summed E-state index contributed by atoms with van der Waals surface area (Å²) in [5.74, 6) is 0.368. The highest BCUT2D eigenvalue weighted by molar-refractivity contribution is 6.30. The lowest BCUT2D eigenvalue weighted by Crippen LogP contribution is -2.07. The van der Waals surface area contributed by atoms with Crippen LogP contribution < -0.4 is 0 Å². The van der Waals surface area contributed by atoms with Gasteiger partial charge in [0.1, 0.15) is 5.75 Å². The van der Waals surface area contributed by atoms with E-state index in [0.717, 1.165) is 5.56 Å². The van der Waals surface area contributed by atoms with Gasteiger partial charge in [0, 0.05) is 0 Å². The molecule has 0 aliphatic rings. The van der Waals surface area contributed by atoms with Gasteiger partial charge in [0.05, 0.1) is 0 Å². The summed E-state index contributed by atoms with van der Waals surface area (Å²) in [6.45, 7) is 1.87. The first kappa shape index (κ1) is 11.0. The molecule has 0 amide bonds. The van der Waals surface area contributed by atoms with Crippen LogP contribution in [0.15, 0.2) is 24.3 Å². The van der Waals surface area contributed by atoms with Crippen LogP contribution in [0.4, 0.5) is 0 Å². The fourth-order valence-electron chi connectivity index (χ4n) is 0.563. The van der Waals surface area contributed by atoms with Gasteiger partial charge in [-0.25, -0.2) is 0 Å². The summed E-state index contributed by atoms with van der Waals surface area (Å²) in [5.41, 5.74) is 0.924. The summed E-state index contributed by atoms with van der Waals surface area (Å²) in [4.78, 5) is 0. The van der Waals surface area contributed by atoms with Crippen molar-refractivity contribution in [3.8, 4) is 5.75 Å². The van der Waals surface area contributed by atoms with Crippen LogP contribution in [0.25, 0.3) is 0 Å². The normalized spacial score (nSPS) is 8.33. The Balaban J connectivity index is 0.000000261. The molecule has 0 spiro atoms. The molecule has 66 valence electrons. The maximum absolute atomic E-state index is 8.92.